The third kappa shape index (κ3) is 3.71. The fraction of sp³-hybridized carbons (Fsp3) is 0.632. The molecule has 8 nitrogen and oxygen atoms in total. The molecule has 2 amide bonds. The highest BCUT2D eigenvalue weighted by atomic mass is 16.7. The molecule has 1 aromatic rings. The first-order valence-corrected chi connectivity index (χ1v) is 9.65. The molecule has 3 aliphatic rings. The lowest BCUT2D eigenvalue weighted by molar-refractivity contribution is -0.114. The van der Waals surface area contributed by atoms with Crippen molar-refractivity contribution in [2.24, 2.45) is 5.16 Å². The van der Waals surface area contributed by atoms with Crippen molar-refractivity contribution in [3.8, 4) is 0 Å². The summed E-state index contributed by atoms with van der Waals surface area (Å²) >= 11 is 0. The van der Waals surface area contributed by atoms with Crippen LogP contribution in [0.3, 0.4) is 0 Å². The summed E-state index contributed by atoms with van der Waals surface area (Å²) in [6.45, 7) is 6.52. The Morgan fingerprint density at radius 2 is 2.11 bits per heavy atom. The second kappa shape index (κ2) is 7.34. The van der Waals surface area contributed by atoms with Crippen molar-refractivity contribution < 1.29 is 18.8 Å². The summed E-state index contributed by atoms with van der Waals surface area (Å²) in [5, 5.41) is 6.97. The van der Waals surface area contributed by atoms with E-state index < -0.39 is 5.60 Å². The number of rotatable bonds is 5. The highest BCUT2D eigenvalue weighted by Gasteiger charge is 2.48. The molecular formula is C19H26N4O4. The van der Waals surface area contributed by atoms with Crippen molar-refractivity contribution in [3.63, 3.8) is 0 Å². The zero-order valence-corrected chi connectivity index (χ0v) is 15.7. The van der Waals surface area contributed by atoms with Gasteiger partial charge in [0.25, 0.3) is 11.8 Å². The number of likely N-dealkylation sites (tertiary alicyclic amines) is 2. The minimum absolute atomic E-state index is 0.0646. The van der Waals surface area contributed by atoms with Gasteiger partial charge in [-0.05, 0) is 38.9 Å². The average Bonchev–Trinajstić information content (AvgIpc) is 3.44. The van der Waals surface area contributed by atoms with Gasteiger partial charge in [0.15, 0.2) is 5.60 Å². The van der Waals surface area contributed by atoms with Gasteiger partial charge in [0.1, 0.15) is 11.5 Å². The molecule has 4 rings (SSSR count). The van der Waals surface area contributed by atoms with Gasteiger partial charge in [-0.15, -0.1) is 0 Å². The Morgan fingerprint density at radius 1 is 1.30 bits per heavy atom. The predicted octanol–water partition coefficient (Wildman–Crippen LogP) is 1.16. The van der Waals surface area contributed by atoms with Gasteiger partial charge in [-0.2, -0.15) is 0 Å². The number of furan rings is 1. The number of aryl methyl sites for hydroxylation is 1. The number of hydrogen-bond acceptors (Lipinski definition) is 6. The summed E-state index contributed by atoms with van der Waals surface area (Å²) in [7, 11) is 0. The van der Waals surface area contributed by atoms with Crippen molar-refractivity contribution in [1.29, 1.82) is 0 Å². The lowest BCUT2D eigenvalue weighted by atomic mass is 9.96. The number of nitrogens with one attached hydrogen (secondary N) is 1. The summed E-state index contributed by atoms with van der Waals surface area (Å²) in [6, 6.07) is 1.69. The molecule has 0 aromatic carbocycles. The molecule has 27 heavy (non-hydrogen) atoms. The smallest absolute Gasteiger partial charge is 0.269 e. The van der Waals surface area contributed by atoms with Crippen LogP contribution >= 0.6 is 0 Å². The van der Waals surface area contributed by atoms with E-state index in [1.54, 1.807) is 17.9 Å². The lowest BCUT2D eigenvalue weighted by Gasteiger charge is -2.21. The largest absolute Gasteiger partial charge is 0.469 e. The summed E-state index contributed by atoms with van der Waals surface area (Å²) in [6.07, 6.45) is 5.11. The fourth-order valence-corrected chi connectivity index (χ4v) is 4.09. The van der Waals surface area contributed by atoms with E-state index in [1.165, 1.54) is 19.1 Å². The Labute approximate surface area is 158 Å². The molecule has 0 aliphatic carbocycles. The summed E-state index contributed by atoms with van der Waals surface area (Å²) in [5.41, 5.74) is 0.422. The Bertz CT molecular complexity index is 753. The number of carbonyl (C=O) groups is 2. The molecule has 1 atom stereocenters. The molecule has 0 saturated carbocycles. The van der Waals surface area contributed by atoms with Crippen LogP contribution in [-0.4, -0.2) is 72.2 Å². The van der Waals surface area contributed by atoms with Crippen molar-refractivity contribution in [3.05, 3.63) is 23.7 Å². The van der Waals surface area contributed by atoms with Crippen LogP contribution in [0.4, 0.5) is 0 Å². The van der Waals surface area contributed by atoms with E-state index in [0.717, 1.165) is 19.6 Å². The number of carbonyl (C=O) groups excluding carboxylic acids is 2. The van der Waals surface area contributed by atoms with Gasteiger partial charge in [0.2, 0.25) is 0 Å². The quantitative estimate of drug-likeness (QED) is 0.836. The highest BCUT2D eigenvalue weighted by Crippen LogP contribution is 2.34. The maximum absolute atomic E-state index is 12.6. The van der Waals surface area contributed by atoms with Crippen LogP contribution in [0.5, 0.6) is 0 Å². The average molecular weight is 374 g/mol. The van der Waals surface area contributed by atoms with E-state index in [9.17, 15) is 9.59 Å². The van der Waals surface area contributed by atoms with Crippen LogP contribution < -0.4 is 5.32 Å². The molecular weight excluding hydrogens is 348 g/mol. The van der Waals surface area contributed by atoms with E-state index >= 15 is 0 Å². The van der Waals surface area contributed by atoms with E-state index in [1.807, 2.05) is 0 Å². The second-order valence-electron chi connectivity index (χ2n) is 7.66. The molecule has 3 aliphatic heterocycles. The molecule has 1 spiro atoms. The van der Waals surface area contributed by atoms with Crippen LogP contribution in [0.15, 0.2) is 21.9 Å². The first-order valence-electron chi connectivity index (χ1n) is 9.65. The molecule has 0 bridgehead atoms. The number of oxime groups is 1. The number of nitrogens with zero attached hydrogens (tertiary/aromatic N) is 3. The normalized spacial score (nSPS) is 25.1. The fourth-order valence-electron chi connectivity index (χ4n) is 4.09. The first kappa shape index (κ1) is 18.0. The van der Waals surface area contributed by atoms with E-state index in [0.29, 0.717) is 49.5 Å². The molecule has 1 N–H and O–H groups in total. The zero-order valence-electron chi connectivity index (χ0n) is 15.7. The Hall–Kier alpha value is -2.35. The maximum Gasteiger partial charge on any atom is 0.269 e. The topological polar surface area (TPSA) is 87.4 Å². The SMILES string of the molecule is Cc1occc1C(=O)N1CCC2(CC(C(=O)NCCN3CCCC3)=NO2)C1. The molecule has 8 heteroatoms. The third-order valence-electron chi connectivity index (χ3n) is 5.71. The second-order valence-corrected chi connectivity index (χ2v) is 7.66. The van der Waals surface area contributed by atoms with Gasteiger partial charge in [0.05, 0.1) is 18.4 Å². The first-order chi connectivity index (χ1) is 13.1. The monoisotopic (exact) mass is 374 g/mol. The van der Waals surface area contributed by atoms with Crippen molar-refractivity contribution in [2.45, 2.75) is 38.2 Å². The highest BCUT2D eigenvalue weighted by molar-refractivity contribution is 6.39. The Kier molecular flexibility index (Phi) is 4.90. The van der Waals surface area contributed by atoms with Gasteiger partial charge in [-0.1, -0.05) is 5.16 Å². The van der Waals surface area contributed by atoms with Gasteiger partial charge < -0.3 is 24.4 Å². The number of hydrogen-bond donors (Lipinski definition) is 1. The van der Waals surface area contributed by atoms with Gasteiger partial charge in [0, 0.05) is 32.5 Å². The van der Waals surface area contributed by atoms with Crippen molar-refractivity contribution in [1.82, 2.24) is 15.1 Å². The van der Waals surface area contributed by atoms with Gasteiger partial charge in [-0.25, -0.2) is 0 Å². The summed E-state index contributed by atoms with van der Waals surface area (Å²) in [4.78, 5) is 34.8. The number of amides is 2. The van der Waals surface area contributed by atoms with Gasteiger partial charge >= 0.3 is 0 Å². The van der Waals surface area contributed by atoms with Crippen molar-refractivity contribution in [2.75, 3.05) is 39.3 Å². The Morgan fingerprint density at radius 3 is 2.85 bits per heavy atom. The lowest BCUT2D eigenvalue weighted by Crippen LogP contribution is -2.40. The Balaban J connectivity index is 1.27. The van der Waals surface area contributed by atoms with E-state index in [4.69, 9.17) is 9.25 Å². The minimum atomic E-state index is -0.574. The standard InChI is InChI=1S/C19H26N4O4/c1-14-15(4-11-26-14)18(25)23-9-5-19(13-23)12-16(21-27-19)17(24)20-6-10-22-7-2-3-8-22/h4,11H,2-3,5-10,12-13H2,1H3,(H,20,24). The van der Waals surface area contributed by atoms with Crippen LogP contribution in [-0.2, 0) is 9.63 Å². The maximum atomic E-state index is 12.6. The molecule has 1 aromatic heterocycles. The van der Waals surface area contributed by atoms with Gasteiger partial charge in [-0.3, -0.25) is 9.59 Å². The van der Waals surface area contributed by atoms with E-state index in [-0.39, 0.29) is 11.8 Å². The van der Waals surface area contributed by atoms with Crippen LogP contribution in [0.2, 0.25) is 0 Å². The summed E-state index contributed by atoms with van der Waals surface area (Å²) in [5.74, 6) is 0.384. The molecule has 4 heterocycles. The van der Waals surface area contributed by atoms with Crippen LogP contribution in [0.25, 0.3) is 0 Å². The molecule has 146 valence electrons. The predicted molar refractivity (Wildman–Crippen MR) is 98.5 cm³/mol. The van der Waals surface area contributed by atoms with Crippen LogP contribution in [0.1, 0.15) is 41.8 Å². The third-order valence-corrected chi connectivity index (χ3v) is 5.71. The minimum Gasteiger partial charge on any atom is -0.469 e. The van der Waals surface area contributed by atoms with Crippen molar-refractivity contribution >= 4 is 17.5 Å². The summed E-state index contributed by atoms with van der Waals surface area (Å²) < 4.78 is 5.23. The van der Waals surface area contributed by atoms with Crippen LogP contribution in [0, 0.1) is 6.92 Å². The molecule has 1 unspecified atom stereocenters. The zero-order chi connectivity index (χ0) is 18.9. The molecule has 0 radical (unpaired) electrons. The van der Waals surface area contributed by atoms with E-state index in [2.05, 4.69) is 15.4 Å². The molecule has 2 fully saturated rings. The molecule has 2 saturated heterocycles.